The Morgan fingerprint density at radius 1 is 0.294 bits per heavy atom. The molecule has 0 aliphatic carbocycles. The van der Waals surface area contributed by atoms with Crippen molar-refractivity contribution in [2.75, 3.05) is 13.3 Å². The van der Waals surface area contributed by atoms with Crippen LogP contribution in [0.2, 0.25) is 0 Å². The first-order valence-corrected chi connectivity index (χ1v) is 16.2. The summed E-state index contributed by atoms with van der Waals surface area (Å²) in [4.78, 5) is 0. The van der Waals surface area contributed by atoms with Crippen LogP contribution in [-0.2, 0) is 0 Å². The first-order valence-electron chi connectivity index (χ1n) is 11.7. The van der Waals surface area contributed by atoms with Gasteiger partial charge in [-0.05, 0) is 60.7 Å². The third-order valence-electron chi connectivity index (χ3n) is 6.94. The fourth-order valence-electron chi connectivity index (χ4n) is 4.98. The molecule has 0 fully saturated rings. The van der Waals surface area contributed by atoms with Crippen molar-refractivity contribution in [2.45, 2.75) is 0 Å². The van der Waals surface area contributed by atoms with Gasteiger partial charge in [0.1, 0.15) is 46.4 Å². The predicted molar refractivity (Wildman–Crippen MR) is 156 cm³/mol. The lowest BCUT2D eigenvalue weighted by atomic mass is 10.3. The summed E-state index contributed by atoms with van der Waals surface area (Å²) in [6.45, 7) is 4.99. The van der Waals surface area contributed by atoms with Gasteiger partial charge in [-0.3, -0.25) is 0 Å². The molecule has 166 valence electrons. The highest BCUT2D eigenvalue weighted by Crippen LogP contribution is 2.57. The number of hydrogen-bond acceptors (Lipinski definition) is 0. The Morgan fingerprint density at radius 2 is 0.500 bits per heavy atom. The van der Waals surface area contributed by atoms with E-state index < -0.39 is 14.5 Å². The molecule has 0 radical (unpaired) electrons. The van der Waals surface area contributed by atoms with Gasteiger partial charge in [0.2, 0.25) is 0 Å². The molecule has 0 saturated carbocycles. The lowest BCUT2D eigenvalue weighted by Gasteiger charge is -2.29. The zero-order chi connectivity index (χ0) is 23.4. The fourth-order valence-corrected chi connectivity index (χ4v) is 12.8. The first-order chi connectivity index (χ1) is 16.6. The zero-order valence-corrected chi connectivity index (χ0v) is 21.5. The zero-order valence-electron chi connectivity index (χ0n) is 19.8. The van der Waals surface area contributed by atoms with Crippen molar-refractivity contribution in [1.82, 2.24) is 0 Å². The third-order valence-corrected chi connectivity index (χ3v) is 15.1. The fraction of sp³-hybridized carbons (Fsp3) is 0.0625. The number of benzene rings is 5. The van der Waals surface area contributed by atoms with Crippen molar-refractivity contribution >= 4 is 46.4 Å². The molecule has 5 rings (SSSR count). The Bertz CT molecular complexity index is 1160. The van der Waals surface area contributed by atoms with Gasteiger partial charge in [-0.25, -0.2) is 0 Å². The van der Waals surface area contributed by atoms with Crippen LogP contribution in [0.15, 0.2) is 146 Å². The van der Waals surface area contributed by atoms with E-state index in [-0.39, 0.29) is 0 Å². The van der Waals surface area contributed by atoms with Gasteiger partial charge in [0.25, 0.3) is 0 Å². The Hall–Kier alpha value is -3.04. The molecule has 2 heteroatoms. The first kappa shape index (κ1) is 22.7. The van der Waals surface area contributed by atoms with Crippen LogP contribution in [0, 0.1) is 0 Å². The minimum absolute atomic E-state index is 1.42. The van der Waals surface area contributed by atoms with Crippen molar-refractivity contribution in [3.63, 3.8) is 0 Å². The molecule has 5 aromatic rings. The van der Waals surface area contributed by atoms with Crippen molar-refractivity contribution in [3.8, 4) is 0 Å². The van der Waals surface area contributed by atoms with Crippen LogP contribution in [0.5, 0.6) is 0 Å². The average molecular weight is 477 g/mol. The molecule has 0 spiro atoms. The maximum atomic E-state index is 2.50. The van der Waals surface area contributed by atoms with Gasteiger partial charge < -0.3 is 0 Å². The molecule has 0 aliphatic rings. The summed E-state index contributed by atoms with van der Waals surface area (Å²) in [5.74, 6) is 0. The highest BCUT2D eigenvalue weighted by atomic mass is 31.2. The van der Waals surface area contributed by atoms with E-state index in [1.165, 1.54) is 31.8 Å². The molecule has 0 nitrogen and oxygen atoms in total. The molecular formula is C32H30P2+2. The molecule has 0 bridgehead atoms. The van der Waals surface area contributed by atoms with E-state index in [0.29, 0.717) is 0 Å². The van der Waals surface area contributed by atoms with Gasteiger partial charge in [0, 0.05) is 0 Å². The van der Waals surface area contributed by atoms with E-state index in [4.69, 9.17) is 0 Å². The van der Waals surface area contributed by atoms with Gasteiger partial charge in [0.15, 0.2) is 0 Å². The summed E-state index contributed by atoms with van der Waals surface area (Å²) in [6, 6.07) is 53.7. The van der Waals surface area contributed by atoms with Crippen LogP contribution >= 0.6 is 14.5 Å². The topological polar surface area (TPSA) is 0 Å². The lowest BCUT2D eigenvalue weighted by Crippen LogP contribution is -2.43. The molecule has 0 N–H and O–H groups in total. The molecule has 0 saturated heterocycles. The molecule has 0 heterocycles. The Labute approximate surface area is 205 Å². The number of rotatable bonds is 6. The molecule has 0 aromatic heterocycles. The second-order valence-corrected chi connectivity index (χ2v) is 15.9. The Balaban J connectivity index is 1.85. The quantitative estimate of drug-likeness (QED) is 0.283. The van der Waals surface area contributed by atoms with Gasteiger partial charge in [-0.15, -0.1) is 0 Å². The SMILES string of the molecule is C[P+](c1ccccc1)(c1ccccc1)c1ccccc1[P+](C)(c1ccccc1)c1ccccc1. The monoisotopic (exact) mass is 476 g/mol. The normalized spacial score (nSPS) is 11.8. The summed E-state index contributed by atoms with van der Waals surface area (Å²) >= 11 is 0. The molecule has 0 aliphatic heterocycles. The summed E-state index contributed by atoms with van der Waals surface area (Å²) in [5, 5.41) is 8.64. The maximum Gasteiger partial charge on any atom is 0.147 e. The van der Waals surface area contributed by atoms with E-state index in [0.717, 1.165) is 0 Å². The maximum absolute atomic E-state index is 2.50. The standard InChI is InChI=1S/C32H30P2/c1-33(27-17-7-3-8-18-27,28-19-9-4-10-20-28)31-25-15-16-26-32(31)34(2,29-21-11-5-12-22-29)30-23-13-6-14-24-30/h3-26H,1-2H3/q+2. The Morgan fingerprint density at radius 3 is 0.735 bits per heavy atom. The van der Waals surface area contributed by atoms with Gasteiger partial charge >= 0.3 is 0 Å². The molecule has 5 aromatic carbocycles. The molecule has 0 atom stereocenters. The van der Waals surface area contributed by atoms with Gasteiger partial charge in [-0.1, -0.05) is 84.9 Å². The van der Waals surface area contributed by atoms with Crippen molar-refractivity contribution in [3.05, 3.63) is 146 Å². The summed E-state index contributed by atoms with van der Waals surface area (Å²) < 4.78 is 0. The molecule has 0 amide bonds. The average Bonchev–Trinajstić information content (AvgIpc) is 2.94. The second kappa shape index (κ2) is 9.68. The van der Waals surface area contributed by atoms with Crippen LogP contribution in [0.4, 0.5) is 0 Å². The van der Waals surface area contributed by atoms with E-state index in [2.05, 4.69) is 159 Å². The Kier molecular flexibility index (Phi) is 6.47. The van der Waals surface area contributed by atoms with Crippen LogP contribution in [-0.4, -0.2) is 13.3 Å². The molecule has 34 heavy (non-hydrogen) atoms. The highest BCUT2D eigenvalue weighted by Gasteiger charge is 2.50. The van der Waals surface area contributed by atoms with E-state index in [1.807, 2.05) is 0 Å². The van der Waals surface area contributed by atoms with E-state index in [1.54, 1.807) is 0 Å². The minimum atomic E-state index is -1.87. The molecule has 0 unspecified atom stereocenters. The third kappa shape index (κ3) is 3.92. The van der Waals surface area contributed by atoms with Gasteiger partial charge in [0.05, 0.1) is 13.3 Å². The lowest BCUT2D eigenvalue weighted by molar-refractivity contribution is 1.71. The largest absolute Gasteiger partial charge is 0.147 e. The van der Waals surface area contributed by atoms with Gasteiger partial charge in [-0.2, -0.15) is 0 Å². The summed E-state index contributed by atoms with van der Waals surface area (Å²) in [6.07, 6.45) is 0. The van der Waals surface area contributed by atoms with Crippen molar-refractivity contribution in [1.29, 1.82) is 0 Å². The summed E-state index contributed by atoms with van der Waals surface area (Å²) in [7, 11) is -3.75. The van der Waals surface area contributed by atoms with Crippen LogP contribution in [0.3, 0.4) is 0 Å². The van der Waals surface area contributed by atoms with Crippen LogP contribution in [0.1, 0.15) is 0 Å². The molecular weight excluding hydrogens is 446 g/mol. The highest BCUT2D eigenvalue weighted by molar-refractivity contribution is 8.00. The predicted octanol–water partition coefficient (Wildman–Crippen LogP) is 5.53. The van der Waals surface area contributed by atoms with Crippen LogP contribution < -0.4 is 31.8 Å². The second-order valence-electron chi connectivity index (χ2n) is 8.84. The van der Waals surface area contributed by atoms with Crippen LogP contribution in [0.25, 0.3) is 0 Å². The van der Waals surface area contributed by atoms with Crippen molar-refractivity contribution < 1.29 is 0 Å². The van der Waals surface area contributed by atoms with E-state index >= 15 is 0 Å². The van der Waals surface area contributed by atoms with Crippen molar-refractivity contribution in [2.24, 2.45) is 0 Å². The number of hydrogen-bond donors (Lipinski definition) is 0. The minimum Gasteiger partial charge on any atom is -0.0620 e. The van der Waals surface area contributed by atoms with E-state index in [9.17, 15) is 0 Å². The smallest absolute Gasteiger partial charge is 0.0620 e. The summed E-state index contributed by atoms with van der Waals surface area (Å²) in [5.41, 5.74) is 0.